The molecule has 0 spiro atoms. The van der Waals surface area contributed by atoms with Crippen molar-refractivity contribution in [3.8, 4) is 11.4 Å². The molecule has 1 heterocycles. The van der Waals surface area contributed by atoms with Gasteiger partial charge in [0.25, 0.3) is 0 Å². The summed E-state index contributed by atoms with van der Waals surface area (Å²) in [6.45, 7) is 2.01. The molecule has 5 nitrogen and oxygen atoms in total. The number of tetrazole rings is 1. The molecule has 8 heteroatoms. The fourth-order valence-electron chi connectivity index (χ4n) is 2.21. The lowest BCUT2D eigenvalue weighted by atomic mass is 10.2. The van der Waals surface area contributed by atoms with Gasteiger partial charge in [0.05, 0.1) is 7.11 Å². The molecule has 3 rings (SSSR count). The monoisotopic (exact) mass is 376 g/mol. The number of rotatable bonds is 7. The molecular weight excluding hydrogens is 359 g/mol. The molecule has 3 aromatic rings. The zero-order valence-corrected chi connectivity index (χ0v) is 15.5. The molecule has 0 unspecified atom stereocenters. The van der Waals surface area contributed by atoms with E-state index in [0.29, 0.717) is 5.16 Å². The van der Waals surface area contributed by atoms with E-state index in [-0.39, 0.29) is 5.82 Å². The summed E-state index contributed by atoms with van der Waals surface area (Å²) in [6.07, 6.45) is 0. The Labute approximate surface area is 154 Å². The molecule has 130 valence electrons. The van der Waals surface area contributed by atoms with Crippen molar-refractivity contribution < 1.29 is 9.13 Å². The fourth-order valence-corrected chi connectivity index (χ4v) is 3.97. The van der Waals surface area contributed by atoms with Crippen molar-refractivity contribution in [3.05, 3.63) is 53.8 Å². The molecule has 0 saturated carbocycles. The molecule has 0 N–H and O–H groups in total. The van der Waals surface area contributed by atoms with Gasteiger partial charge in [-0.2, -0.15) is 4.68 Å². The molecule has 0 amide bonds. The van der Waals surface area contributed by atoms with E-state index in [0.717, 1.165) is 33.4 Å². The van der Waals surface area contributed by atoms with Crippen molar-refractivity contribution in [1.82, 2.24) is 20.2 Å². The number of benzene rings is 2. The van der Waals surface area contributed by atoms with Crippen LogP contribution in [-0.2, 0) is 0 Å². The molecule has 1 aromatic heterocycles. The molecule has 25 heavy (non-hydrogen) atoms. The molecule has 0 atom stereocenters. The summed E-state index contributed by atoms with van der Waals surface area (Å²) in [4.78, 5) is 1.04. The Morgan fingerprint density at radius 1 is 1.08 bits per heavy atom. The number of aryl methyl sites for hydroxylation is 1. The second kappa shape index (κ2) is 8.35. The molecule has 0 radical (unpaired) electrons. The van der Waals surface area contributed by atoms with Crippen LogP contribution < -0.4 is 4.74 Å². The Morgan fingerprint density at radius 3 is 2.60 bits per heavy atom. The number of thioether (sulfide) groups is 2. The zero-order chi connectivity index (χ0) is 17.6. The lowest BCUT2D eigenvalue weighted by Gasteiger charge is -2.10. The SMILES string of the molecule is COc1ccc(C)cc1-n1nnnc1SCCSc1ccc(F)cc1. The average Bonchev–Trinajstić information content (AvgIpc) is 3.08. The summed E-state index contributed by atoms with van der Waals surface area (Å²) in [7, 11) is 1.63. The van der Waals surface area contributed by atoms with Crippen LogP contribution in [0.15, 0.2) is 52.5 Å². The van der Waals surface area contributed by atoms with Gasteiger partial charge in [0.1, 0.15) is 17.3 Å². The van der Waals surface area contributed by atoms with E-state index in [2.05, 4.69) is 15.5 Å². The van der Waals surface area contributed by atoms with Crippen molar-refractivity contribution in [2.24, 2.45) is 0 Å². The summed E-state index contributed by atoms with van der Waals surface area (Å²) in [5.74, 6) is 2.20. The molecule has 0 saturated heterocycles. The Bertz CT molecular complexity index is 839. The van der Waals surface area contributed by atoms with Gasteiger partial charge in [-0.05, 0) is 59.3 Å². The Balaban J connectivity index is 1.64. The van der Waals surface area contributed by atoms with Crippen LogP contribution in [0.5, 0.6) is 5.75 Å². The van der Waals surface area contributed by atoms with E-state index >= 15 is 0 Å². The maximum Gasteiger partial charge on any atom is 0.214 e. The molecular formula is C17H17FN4OS2. The highest BCUT2D eigenvalue weighted by Crippen LogP contribution is 2.28. The Kier molecular flexibility index (Phi) is 5.93. The van der Waals surface area contributed by atoms with Crippen LogP contribution in [-0.4, -0.2) is 38.8 Å². The van der Waals surface area contributed by atoms with E-state index in [9.17, 15) is 4.39 Å². The third-order valence-electron chi connectivity index (χ3n) is 3.40. The van der Waals surface area contributed by atoms with Gasteiger partial charge in [-0.25, -0.2) is 4.39 Å². The third kappa shape index (κ3) is 4.52. The van der Waals surface area contributed by atoms with E-state index in [1.165, 1.54) is 12.1 Å². The fraction of sp³-hybridized carbons (Fsp3) is 0.235. The van der Waals surface area contributed by atoms with Crippen molar-refractivity contribution >= 4 is 23.5 Å². The van der Waals surface area contributed by atoms with Crippen molar-refractivity contribution in [3.63, 3.8) is 0 Å². The number of hydrogen-bond acceptors (Lipinski definition) is 6. The van der Waals surface area contributed by atoms with Gasteiger partial charge in [-0.3, -0.25) is 0 Å². The number of aromatic nitrogens is 4. The molecule has 0 aliphatic heterocycles. The van der Waals surface area contributed by atoms with Crippen molar-refractivity contribution in [2.45, 2.75) is 17.0 Å². The molecule has 2 aromatic carbocycles. The van der Waals surface area contributed by atoms with Crippen molar-refractivity contribution in [1.29, 1.82) is 0 Å². The van der Waals surface area contributed by atoms with E-state index < -0.39 is 0 Å². The topological polar surface area (TPSA) is 52.8 Å². The minimum Gasteiger partial charge on any atom is -0.494 e. The number of halogens is 1. The van der Waals surface area contributed by atoms with E-state index in [4.69, 9.17) is 4.74 Å². The smallest absolute Gasteiger partial charge is 0.214 e. The minimum absolute atomic E-state index is 0.218. The number of ether oxygens (including phenoxy) is 1. The predicted octanol–water partition coefficient (Wildman–Crippen LogP) is 4.00. The molecule has 0 fully saturated rings. The summed E-state index contributed by atoms with van der Waals surface area (Å²) >= 11 is 3.25. The van der Waals surface area contributed by atoms with Crippen LogP contribution in [0.1, 0.15) is 5.56 Å². The Hall–Kier alpha value is -2.06. The summed E-state index contributed by atoms with van der Waals surface area (Å²) < 4.78 is 20.0. The molecule has 0 aliphatic rings. The lowest BCUT2D eigenvalue weighted by Crippen LogP contribution is -2.03. The second-order valence-corrected chi connectivity index (χ2v) is 7.43. The zero-order valence-electron chi connectivity index (χ0n) is 13.8. The van der Waals surface area contributed by atoms with Gasteiger partial charge in [0.15, 0.2) is 0 Å². The highest BCUT2D eigenvalue weighted by Gasteiger charge is 2.13. The van der Waals surface area contributed by atoms with Crippen LogP contribution in [0.3, 0.4) is 0 Å². The summed E-state index contributed by atoms with van der Waals surface area (Å²) in [5.41, 5.74) is 1.93. The van der Waals surface area contributed by atoms with Crippen LogP contribution in [0, 0.1) is 12.7 Å². The first-order valence-electron chi connectivity index (χ1n) is 7.62. The Morgan fingerprint density at radius 2 is 1.84 bits per heavy atom. The van der Waals surface area contributed by atoms with Gasteiger partial charge in [-0.15, -0.1) is 16.9 Å². The third-order valence-corrected chi connectivity index (χ3v) is 5.59. The average molecular weight is 376 g/mol. The first-order chi connectivity index (χ1) is 12.2. The number of methoxy groups -OCH3 is 1. The molecule has 0 aliphatic carbocycles. The highest BCUT2D eigenvalue weighted by atomic mass is 32.2. The maximum absolute atomic E-state index is 12.9. The van der Waals surface area contributed by atoms with Crippen LogP contribution in [0.4, 0.5) is 4.39 Å². The van der Waals surface area contributed by atoms with E-state index in [1.807, 2.05) is 25.1 Å². The van der Waals surface area contributed by atoms with Crippen LogP contribution >= 0.6 is 23.5 Å². The minimum atomic E-state index is -0.218. The largest absolute Gasteiger partial charge is 0.494 e. The van der Waals surface area contributed by atoms with Crippen molar-refractivity contribution in [2.75, 3.05) is 18.6 Å². The normalized spacial score (nSPS) is 10.8. The number of nitrogens with zero attached hydrogens (tertiary/aromatic N) is 4. The maximum atomic E-state index is 12.9. The van der Waals surface area contributed by atoms with Gasteiger partial charge < -0.3 is 4.74 Å². The quantitative estimate of drug-likeness (QED) is 0.459. The van der Waals surface area contributed by atoms with Gasteiger partial charge in [-0.1, -0.05) is 17.8 Å². The standard InChI is InChI=1S/C17H17FN4OS2/c1-12-3-8-16(23-2)15(11-12)22-17(19-20-21-22)25-10-9-24-14-6-4-13(18)5-7-14/h3-8,11H,9-10H2,1-2H3. The van der Waals surface area contributed by atoms with Gasteiger partial charge in [0, 0.05) is 16.4 Å². The first-order valence-corrected chi connectivity index (χ1v) is 9.59. The van der Waals surface area contributed by atoms with Crippen LogP contribution in [0.25, 0.3) is 5.69 Å². The first kappa shape index (κ1) is 17.8. The van der Waals surface area contributed by atoms with Gasteiger partial charge in [0.2, 0.25) is 5.16 Å². The predicted molar refractivity (Wildman–Crippen MR) is 98.3 cm³/mol. The second-order valence-electron chi connectivity index (χ2n) is 5.20. The summed E-state index contributed by atoms with van der Waals surface area (Å²) in [6, 6.07) is 12.4. The highest BCUT2D eigenvalue weighted by molar-refractivity contribution is 8.02. The van der Waals surface area contributed by atoms with E-state index in [1.54, 1.807) is 47.4 Å². The van der Waals surface area contributed by atoms with Gasteiger partial charge >= 0.3 is 0 Å². The van der Waals surface area contributed by atoms with Crippen LogP contribution in [0.2, 0.25) is 0 Å². The number of hydrogen-bond donors (Lipinski definition) is 0. The molecule has 0 bridgehead atoms. The lowest BCUT2D eigenvalue weighted by molar-refractivity contribution is 0.410. The summed E-state index contributed by atoms with van der Waals surface area (Å²) in [5, 5.41) is 12.7.